The lowest BCUT2D eigenvalue weighted by molar-refractivity contribution is -0.143. The third-order valence-electron chi connectivity index (χ3n) is 4.85. The lowest BCUT2D eigenvalue weighted by Crippen LogP contribution is -2.59. The molecule has 0 radical (unpaired) electrons. The first-order chi connectivity index (χ1) is 15.7. The van der Waals surface area contributed by atoms with E-state index in [4.69, 9.17) is 22.3 Å². The highest BCUT2D eigenvalue weighted by Crippen LogP contribution is 2.10. The van der Waals surface area contributed by atoms with E-state index in [9.17, 15) is 38.7 Å². The van der Waals surface area contributed by atoms with Crippen LogP contribution in [0, 0.1) is 5.92 Å². The predicted molar refractivity (Wildman–Crippen MR) is 115 cm³/mol. The van der Waals surface area contributed by atoms with Gasteiger partial charge in [-0.3, -0.25) is 28.8 Å². The highest BCUT2D eigenvalue weighted by atomic mass is 16.4. The zero-order valence-electron chi connectivity index (χ0n) is 18.9. The lowest BCUT2D eigenvalue weighted by atomic mass is 9.97. The van der Waals surface area contributed by atoms with Gasteiger partial charge in [0, 0.05) is 6.42 Å². The number of amides is 5. The van der Waals surface area contributed by atoms with Crippen LogP contribution in [0.25, 0.3) is 0 Å². The van der Waals surface area contributed by atoms with E-state index in [0.29, 0.717) is 6.42 Å². The summed E-state index contributed by atoms with van der Waals surface area (Å²) in [5.74, 6) is -7.96. The van der Waals surface area contributed by atoms with Crippen LogP contribution in [-0.4, -0.2) is 75.9 Å². The fourth-order valence-electron chi connectivity index (χ4n) is 2.74. The first kappa shape index (κ1) is 30.2. The van der Waals surface area contributed by atoms with Crippen molar-refractivity contribution in [1.82, 2.24) is 16.0 Å². The van der Waals surface area contributed by atoms with Crippen LogP contribution in [0.3, 0.4) is 0 Å². The molecule has 0 aliphatic rings. The molecule has 0 aliphatic heterocycles. The average Bonchev–Trinajstić information content (AvgIpc) is 2.72. The minimum absolute atomic E-state index is 0.395. The average molecular weight is 488 g/mol. The smallest absolute Gasteiger partial charge is 0.326 e. The lowest BCUT2D eigenvalue weighted by Gasteiger charge is -2.27. The molecule has 0 aromatic heterocycles. The second-order valence-electron chi connectivity index (χ2n) is 7.71. The van der Waals surface area contributed by atoms with Gasteiger partial charge in [-0.15, -0.1) is 0 Å². The number of rotatable bonds is 16. The summed E-state index contributed by atoms with van der Waals surface area (Å²) in [7, 11) is 0. The van der Waals surface area contributed by atoms with Crippen LogP contribution >= 0.6 is 0 Å². The van der Waals surface area contributed by atoms with Crippen LogP contribution in [0.5, 0.6) is 0 Å². The van der Waals surface area contributed by atoms with E-state index in [2.05, 4.69) is 16.0 Å². The maximum atomic E-state index is 12.9. The normalized spacial score (nSPS) is 15.0. The van der Waals surface area contributed by atoms with Gasteiger partial charge in [0.05, 0.1) is 18.9 Å². The number of nitrogens with one attached hydrogen (secondary N) is 3. The highest BCUT2D eigenvalue weighted by Gasteiger charge is 2.33. The van der Waals surface area contributed by atoms with Gasteiger partial charge in [-0.25, -0.2) is 4.79 Å². The minimum Gasteiger partial charge on any atom is -0.481 e. The number of hydrogen-bond donors (Lipinski definition) is 8. The molecular weight excluding hydrogens is 456 g/mol. The third-order valence-corrected chi connectivity index (χ3v) is 4.85. The van der Waals surface area contributed by atoms with Gasteiger partial charge in [0.2, 0.25) is 29.5 Å². The maximum absolute atomic E-state index is 12.9. The molecule has 0 spiro atoms. The summed E-state index contributed by atoms with van der Waals surface area (Å²) in [5.41, 5.74) is 15.7. The van der Waals surface area contributed by atoms with Gasteiger partial charge in [0.1, 0.15) is 18.1 Å². The van der Waals surface area contributed by atoms with Crippen LogP contribution in [0.1, 0.15) is 46.0 Å². The van der Waals surface area contributed by atoms with Crippen molar-refractivity contribution in [2.24, 2.45) is 23.1 Å². The SMILES string of the molecule is CCC(C)C(NC(=O)C(N)CC(N)=O)C(=O)NC(CC(N)=O)C(=O)NC(CCC(=O)O)C(=O)O. The molecule has 5 atom stereocenters. The maximum Gasteiger partial charge on any atom is 0.326 e. The Bertz CT molecular complexity index is 803. The topological polar surface area (TPSA) is 274 Å². The summed E-state index contributed by atoms with van der Waals surface area (Å²) in [5, 5.41) is 24.6. The first-order valence-electron chi connectivity index (χ1n) is 10.4. The van der Waals surface area contributed by atoms with E-state index in [-0.39, 0.29) is 0 Å². The van der Waals surface area contributed by atoms with Crippen molar-refractivity contribution in [2.75, 3.05) is 0 Å². The summed E-state index contributed by atoms with van der Waals surface area (Å²) < 4.78 is 0. The molecule has 0 aromatic carbocycles. The van der Waals surface area contributed by atoms with E-state index in [1.54, 1.807) is 13.8 Å². The number of carbonyl (C=O) groups excluding carboxylic acids is 5. The van der Waals surface area contributed by atoms with E-state index >= 15 is 0 Å². The zero-order valence-corrected chi connectivity index (χ0v) is 18.9. The molecule has 15 heteroatoms. The summed E-state index contributed by atoms with van der Waals surface area (Å²) in [6, 6.07) is -5.78. The second-order valence-corrected chi connectivity index (χ2v) is 7.71. The summed E-state index contributed by atoms with van der Waals surface area (Å²) in [4.78, 5) is 82.2. The highest BCUT2D eigenvalue weighted by molar-refractivity contribution is 5.96. The van der Waals surface area contributed by atoms with E-state index < -0.39 is 97.2 Å². The molecule has 0 rings (SSSR count). The third kappa shape index (κ3) is 11.2. The second kappa shape index (κ2) is 14.4. The Morgan fingerprint density at radius 1 is 0.794 bits per heavy atom. The quantitative estimate of drug-likeness (QED) is 0.106. The van der Waals surface area contributed by atoms with Crippen molar-refractivity contribution >= 4 is 41.5 Å². The van der Waals surface area contributed by atoms with E-state index in [0.717, 1.165) is 0 Å². The molecule has 0 saturated carbocycles. The van der Waals surface area contributed by atoms with E-state index in [1.807, 2.05) is 0 Å². The largest absolute Gasteiger partial charge is 0.481 e. The molecule has 5 unspecified atom stereocenters. The number of hydrogen-bond acceptors (Lipinski definition) is 8. The molecule has 15 nitrogen and oxygen atoms in total. The van der Waals surface area contributed by atoms with Crippen LogP contribution in [0.2, 0.25) is 0 Å². The molecular formula is C19H32N6O9. The number of aliphatic carboxylic acids is 2. The number of carboxylic acids is 2. The molecule has 34 heavy (non-hydrogen) atoms. The zero-order chi connectivity index (χ0) is 26.6. The Kier molecular flexibility index (Phi) is 12.8. The Hall–Kier alpha value is -3.75. The van der Waals surface area contributed by atoms with Gasteiger partial charge in [-0.1, -0.05) is 20.3 Å². The van der Waals surface area contributed by atoms with Crippen LogP contribution < -0.4 is 33.2 Å². The number of nitrogens with two attached hydrogens (primary N) is 3. The van der Waals surface area contributed by atoms with Crippen LogP contribution in [0.15, 0.2) is 0 Å². The number of carbonyl (C=O) groups is 7. The predicted octanol–water partition coefficient (Wildman–Crippen LogP) is -3.49. The van der Waals surface area contributed by atoms with Crippen molar-refractivity contribution in [2.45, 2.75) is 70.1 Å². The molecule has 0 fully saturated rings. The van der Waals surface area contributed by atoms with Gasteiger partial charge in [-0.05, 0) is 12.3 Å². The van der Waals surface area contributed by atoms with Gasteiger partial charge in [0.15, 0.2) is 0 Å². The fraction of sp³-hybridized carbons (Fsp3) is 0.632. The van der Waals surface area contributed by atoms with Crippen molar-refractivity contribution in [3.63, 3.8) is 0 Å². The van der Waals surface area contributed by atoms with Crippen molar-refractivity contribution in [1.29, 1.82) is 0 Å². The Morgan fingerprint density at radius 2 is 1.32 bits per heavy atom. The first-order valence-corrected chi connectivity index (χ1v) is 10.4. The van der Waals surface area contributed by atoms with Gasteiger partial charge in [-0.2, -0.15) is 0 Å². The van der Waals surface area contributed by atoms with E-state index in [1.165, 1.54) is 0 Å². The molecule has 0 aromatic rings. The Balaban J connectivity index is 5.59. The minimum atomic E-state index is -1.61. The van der Waals surface area contributed by atoms with Crippen molar-refractivity contribution in [3.05, 3.63) is 0 Å². The van der Waals surface area contributed by atoms with Gasteiger partial charge < -0.3 is 43.4 Å². The molecule has 0 heterocycles. The summed E-state index contributed by atoms with van der Waals surface area (Å²) in [6.45, 7) is 3.33. The fourth-order valence-corrected chi connectivity index (χ4v) is 2.74. The van der Waals surface area contributed by atoms with Crippen LogP contribution in [-0.2, 0) is 33.6 Å². The molecule has 5 amide bonds. The molecule has 0 aliphatic carbocycles. The van der Waals surface area contributed by atoms with Crippen molar-refractivity contribution in [3.8, 4) is 0 Å². The molecule has 0 bridgehead atoms. The standard InChI is InChI=1S/C19H32N6O9/c1-3-8(2)15(25-16(30)9(20)6-12(21)26)18(32)24-11(7-13(22)27)17(31)23-10(19(33)34)4-5-14(28)29/h8-11,15H,3-7,20H2,1-2H3,(H2,21,26)(H2,22,27)(H,23,31)(H,24,32)(H,25,30)(H,28,29)(H,33,34). The Labute approximate surface area is 195 Å². The molecule has 0 saturated heterocycles. The van der Waals surface area contributed by atoms with Gasteiger partial charge >= 0.3 is 11.9 Å². The monoisotopic (exact) mass is 488 g/mol. The molecule has 11 N–H and O–H groups in total. The van der Waals surface area contributed by atoms with Crippen molar-refractivity contribution < 1.29 is 43.8 Å². The van der Waals surface area contributed by atoms with Gasteiger partial charge in [0.25, 0.3) is 0 Å². The van der Waals surface area contributed by atoms with Crippen LogP contribution in [0.4, 0.5) is 0 Å². The number of carboxylic acid groups (broad SMARTS) is 2. The summed E-state index contributed by atoms with van der Waals surface area (Å²) in [6.07, 6.45) is -1.79. The molecule has 192 valence electrons. The number of primary amides is 2. The Morgan fingerprint density at radius 3 is 1.76 bits per heavy atom. The summed E-state index contributed by atoms with van der Waals surface area (Å²) >= 11 is 0.